The fourth-order valence-electron chi connectivity index (χ4n) is 3.56. The average Bonchev–Trinajstić information content (AvgIpc) is 2.81. The first-order valence-corrected chi connectivity index (χ1v) is 8.67. The molecule has 0 aromatic heterocycles. The lowest BCUT2D eigenvalue weighted by Gasteiger charge is -2.30. The van der Waals surface area contributed by atoms with Crippen LogP contribution in [0.3, 0.4) is 0 Å². The Morgan fingerprint density at radius 1 is 1.26 bits per heavy atom. The highest BCUT2D eigenvalue weighted by Gasteiger charge is 2.53. The van der Waals surface area contributed by atoms with Crippen molar-refractivity contribution in [2.45, 2.75) is 51.8 Å². The standard InChI is InChI=1S/C19H21F3N2O3/c1-4-5-8-18(3,27)15-11(2)16(25)24(17(15)26)13-7-6-12(10-23)14(9-13)19(20,21)22/h6-7,9,11,15,27H,4-5,8H2,1-3H3. The number of imide groups is 1. The molecule has 1 aromatic rings. The van der Waals surface area contributed by atoms with Crippen LogP contribution in [-0.4, -0.2) is 22.5 Å². The van der Waals surface area contributed by atoms with E-state index in [0.29, 0.717) is 23.8 Å². The maximum atomic E-state index is 13.2. The molecule has 2 rings (SSSR count). The quantitative estimate of drug-likeness (QED) is 0.789. The minimum Gasteiger partial charge on any atom is -0.389 e. The van der Waals surface area contributed by atoms with E-state index < -0.39 is 46.6 Å². The Labute approximate surface area is 155 Å². The van der Waals surface area contributed by atoms with E-state index in [1.54, 1.807) is 0 Å². The van der Waals surface area contributed by atoms with Crippen molar-refractivity contribution in [2.24, 2.45) is 11.8 Å². The number of rotatable bonds is 5. The van der Waals surface area contributed by atoms with Crippen molar-refractivity contribution >= 4 is 17.5 Å². The van der Waals surface area contributed by atoms with Crippen LogP contribution < -0.4 is 4.90 Å². The van der Waals surface area contributed by atoms with Crippen molar-refractivity contribution in [1.82, 2.24) is 0 Å². The maximum absolute atomic E-state index is 13.2. The van der Waals surface area contributed by atoms with Gasteiger partial charge in [-0.1, -0.05) is 26.7 Å². The molecule has 0 radical (unpaired) electrons. The lowest BCUT2D eigenvalue weighted by Crippen LogP contribution is -2.42. The largest absolute Gasteiger partial charge is 0.417 e. The highest BCUT2D eigenvalue weighted by Crippen LogP contribution is 2.41. The second-order valence-corrected chi connectivity index (χ2v) is 7.08. The second kappa shape index (κ2) is 7.31. The number of carbonyl (C=O) groups is 2. The van der Waals surface area contributed by atoms with Gasteiger partial charge in [-0.05, 0) is 31.5 Å². The molecule has 0 bridgehead atoms. The van der Waals surface area contributed by atoms with Crippen molar-refractivity contribution in [3.05, 3.63) is 29.3 Å². The van der Waals surface area contributed by atoms with Crippen LogP contribution in [0.4, 0.5) is 18.9 Å². The van der Waals surface area contributed by atoms with Gasteiger partial charge in [-0.2, -0.15) is 18.4 Å². The summed E-state index contributed by atoms with van der Waals surface area (Å²) in [7, 11) is 0. The first-order valence-electron chi connectivity index (χ1n) is 8.67. The van der Waals surface area contributed by atoms with Gasteiger partial charge in [-0.3, -0.25) is 9.59 Å². The molecule has 0 saturated carbocycles. The highest BCUT2D eigenvalue weighted by atomic mass is 19.4. The Bertz CT molecular complexity index is 796. The number of carbonyl (C=O) groups excluding carboxylic acids is 2. The van der Waals surface area contributed by atoms with Crippen LogP contribution >= 0.6 is 0 Å². The van der Waals surface area contributed by atoms with E-state index in [-0.39, 0.29) is 5.69 Å². The number of amides is 2. The zero-order valence-electron chi connectivity index (χ0n) is 15.3. The van der Waals surface area contributed by atoms with E-state index in [9.17, 15) is 27.9 Å². The summed E-state index contributed by atoms with van der Waals surface area (Å²) in [6.45, 7) is 4.88. The number of aliphatic hydroxyl groups is 1. The molecule has 0 spiro atoms. The summed E-state index contributed by atoms with van der Waals surface area (Å²) >= 11 is 0. The molecule has 146 valence electrons. The number of nitrogens with zero attached hydrogens (tertiary/aromatic N) is 2. The molecule has 0 aliphatic carbocycles. The average molecular weight is 382 g/mol. The minimum absolute atomic E-state index is 0.253. The number of nitriles is 1. The number of unbranched alkanes of at least 4 members (excludes halogenated alkanes) is 1. The van der Waals surface area contributed by atoms with Gasteiger partial charge in [0.2, 0.25) is 11.8 Å². The van der Waals surface area contributed by atoms with Crippen LogP contribution in [0, 0.1) is 23.2 Å². The van der Waals surface area contributed by atoms with Crippen molar-refractivity contribution in [2.75, 3.05) is 4.90 Å². The number of alkyl halides is 3. The topological polar surface area (TPSA) is 81.4 Å². The molecule has 1 aliphatic heterocycles. The Morgan fingerprint density at radius 3 is 2.41 bits per heavy atom. The third-order valence-electron chi connectivity index (χ3n) is 4.99. The fraction of sp³-hybridized carbons (Fsp3) is 0.526. The monoisotopic (exact) mass is 382 g/mol. The van der Waals surface area contributed by atoms with Crippen LogP contribution in [0.2, 0.25) is 0 Å². The molecule has 8 heteroatoms. The molecule has 1 fully saturated rings. The summed E-state index contributed by atoms with van der Waals surface area (Å²) in [5.41, 5.74) is -3.50. The van der Waals surface area contributed by atoms with Gasteiger partial charge in [0, 0.05) is 0 Å². The van der Waals surface area contributed by atoms with E-state index >= 15 is 0 Å². The number of halogens is 3. The Kier molecular flexibility index (Phi) is 5.66. The van der Waals surface area contributed by atoms with E-state index in [0.717, 1.165) is 18.6 Å². The third-order valence-corrected chi connectivity index (χ3v) is 4.99. The number of hydrogen-bond donors (Lipinski definition) is 1. The van der Waals surface area contributed by atoms with Gasteiger partial charge in [0.25, 0.3) is 0 Å². The molecular formula is C19H21F3N2O3. The summed E-state index contributed by atoms with van der Waals surface area (Å²) in [5.74, 6) is -3.30. The highest BCUT2D eigenvalue weighted by molar-refractivity contribution is 6.22. The van der Waals surface area contributed by atoms with Crippen molar-refractivity contribution in [3.8, 4) is 6.07 Å². The first-order chi connectivity index (χ1) is 12.5. The third kappa shape index (κ3) is 3.83. The molecule has 1 saturated heterocycles. The molecule has 1 heterocycles. The molecular weight excluding hydrogens is 361 g/mol. The van der Waals surface area contributed by atoms with Gasteiger partial charge in [0.05, 0.1) is 40.3 Å². The molecule has 1 aromatic carbocycles. The van der Waals surface area contributed by atoms with E-state index in [4.69, 9.17) is 5.26 Å². The predicted octanol–water partition coefficient (Wildman–Crippen LogP) is 3.64. The van der Waals surface area contributed by atoms with Crippen molar-refractivity contribution in [1.29, 1.82) is 5.26 Å². The summed E-state index contributed by atoms with van der Waals surface area (Å²) in [6, 6.07) is 4.16. The summed E-state index contributed by atoms with van der Waals surface area (Å²) in [6.07, 6.45) is -3.07. The van der Waals surface area contributed by atoms with Crippen LogP contribution in [0.1, 0.15) is 51.2 Å². The van der Waals surface area contributed by atoms with Crippen LogP contribution in [0.15, 0.2) is 18.2 Å². The van der Waals surface area contributed by atoms with E-state index in [2.05, 4.69) is 0 Å². The minimum atomic E-state index is -4.80. The zero-order chi connectivity index (χ0) is 20.6. The number of benzene rings is 1. The van der Waals surface area contributed by atoms with Crippen LogP contribution in [0.5, 0.6) is 0 Å². The molecule has 1 N–H and O–H groups in total. The van der Waals surface area contributed by atoms with Crippen LogP contribution in [0.25, 0.3) is 0 Å². The summed E-state index contributed by atoms with van der Waals surface area (Å²) in [5, 5.41) is 19.6. The maximum Gasteiger partial charge on any atom is 0.417 e. The van der Waals surface area contributed by atoms with Crippen molar-refractivity contribution in [3.63, 3.8) is 0 Å². The Balaban J connectivity index is 2.47. The zero-order valence-corrected chi connectivity index (χ0v) is 15.3. The van der Waals surface area contributed by atoms with Crippen LogP contribution in [-0.2, 0) is 15.8 Å². The Morgan fingerprint density at radius 2 is 1.89 bits per heavy atom. The van der Waals surface area contributed by atoms with Gasteiger partial charge < -0.3 is 5.11 Å². The number of hydrogen-bond acceptors (Lipinski definition) is 4. The van der Waals surface area contributed by atoms with E-state index in [1.807, 2.05) is 6.92 Å². The Hall–Kier alpha value is -2.40. The van der Waals surface area contributed by atoms with Gasteiger partial charge in [-0.15, -0.1) is 0 Å². The molecule has 27 heavy (non-hydrogen) atoms. The second-order valence-electron chi connectivity index (χ2n) is 7.08. The SMILES string of the molecule is CCCCC(C)(O)C1C(=O)N(c2ccc(C#N)c(C(F)(F)F)c2)C(=O)C1C. The lowest BCUT2D eigenvalue weighted by atomic mass is 9.78. The predicted molar refractivity (Wildman–Crippen MR) is 91.5 cm³/mol. The van der Waals surface area contributed by atoms with Gasteiger partial charge >= 0.3 is 6.18 Å². The van der Waals surface area contributed by atoms with Gasteiger partial charge in [0.1, 0.15) is 0 Å². The molecule has 5 nitrogen and oxygen atoms in total. The molecule has 3 unspecified atom stereocenters. The van der Waals surface area contributed by atoms with Gasteiger partial charge in [-0.25, -0.2) is 4.90 Å². The summed E-state index contributed by atoms with van der Waals surface area (Å²) < 4.78 is 39.6. The summed E-state index contributed by atoms with van der Waals surface area (Å²) in [4.78, 5) is 26.1. The molecule has 1 aliphatic rings. The smallest absolute Gasteiger partial charge is 0.389 e. The lowest BCUT2D eigenvalue weighted by molar-refractivity contribution is -0.138. The number of anilines is 1. The first kappa shape index (κ1) is 20.9. The van der Waals surface area contributed by atoms with E-state index in [1.165, 1.54) is 19.9 Å². The fourth-order valence-corrected chi connectivity index (χ4v) is 3.56. The molecule has 2 amide bonds. The van der Waals surface area contributed by atoms with Gasteiger partial charge in [0.15, 0.2) is 0 Å². The molecule has 3 atom stereocenters. The van der Waals surface area contributed by atoms with Crippen molar-refractivity contribution < 1.29 is 27.9 Å². The normalized spacial score (nSPS) is 22.7.